The highest BCUT2D eigenvalue weighted by atomic mass is 28.2. The number of hydrogen-bond acceptors (Lipinski definition) is 3. The van der Waals surface area contributed by atoms with E-state index in [2.05, 4.69) is 5.32 Å². The van der Waals surface area contributed by atoms with Crippen LogP contribution in [0.25, 0.3) is 0 Å². The number of unbranched alkanes of at least 4 members (excludes halogenated alkanes) is 2. The molecule has 0 spiro atoms. The Hall–Kier alpha value is -0.593. The lowest BCUT2D eigenvalue weighted by Gasteiger charge is -2.10. The summed E-state index contributed by atoms with van der Waals surface area (Å²) in [5.74, 6) is 0. The van der Waals surface area contributed by atoms with Crippen LogP contribution in [0.1, 0.15) is 26.2 Å². The molecule has 1 atom stereocenters. The van der Waals surface area contributed by atoms with Crippen molar-refractivity contribution in [3.63, 3.8) is 0 Å². The van der Waals surface area contributed by atoms with Crippen LogP contribution in [0.3, 0.4) is 0 Å². The molecule has 0 aromatic heterocycles. The Labute approximate surface area is 87.9 Å². The van der Waals surface area contributed by atoms with Gasteiger partial charge in [0, 0.05) is 13.2 Å². The van der Waals surface area contributed by atoms with Gasteiger partial charge in [-0.3, -0.25) is 0 Å². The van der Waals surface area contributed by atoms with Gasteiger partial charge in [-0.15, -0.1) is 0 Å². The van der Waals surface area contributed by atoms with Crippen LogP contribution in [0.2, 0.25) is 0 Å². The lowest BCUT2D eigenvalue weighted by atomic mass is 10.2. The van der Waals surface area contributed by atoms with E-state index in [0.29, 0.717) is 23.6 Å². The van der Waals surface area contributed by atoms with Gasteiger partial charge >= 0.3 is 6.03 Å². The van der Waals surface area contributed by atoms with Gasteiger partial charge in [0.1, 0.15) is 16.8 Å². The highest BCUT2D eigenvalue weighted by Crippen LogP contribution is 1.97. The predicted molar refractivity (Wildman–Crippen MR) is 57.9 cm³/mol. The second-order valence-corrected chi connectivity index (χ2v) is 3.50. The van der Waals surface area contributed by atoms with Gasteiger partial charge in [-0.2, -0.15) is 0 Å². The Morgan fingerprint density at radius 3 is 2.79 bits per heavy atom. The normalized spacial score (nSPS) is 12.6. The van der Waals surface area contributed by atoms with Crippen molar-refractivity contribution in [1.82, 2.24) is 5.32 Å². The molecule has 3 N–H and O–H groups in total. The second kappa shape index (κ2) is 8.98. The Kier molecular flexibility index (Phi) is 8.60. The summed E-state index contributed by atoms with van der Waals surface area (Å²) in [5.41, 5.74) is 4.90. The van der Waals surface area contributed by atoms with E-state index in [1.807, 2.05) is 6.92 Å². The lowest BCUT2D eigenvalue weighted by molar-refractivity contribution is -0.0638. The van der Waals surface area contributed by atoms with E-state index in [-0.39, 0.29) is 6.29 Å². The van der Waals surface area contributed by atoms with Crippen LogP contribution in [0.5, 0.6) is 0 Å². The highest BCUT2D eigenvalue weighted by molar-refractivity contribution is 5.98. The maximum Gasteiger partial charge on any atom is 0.312 e. The van der Waals surface area contributed by atoms with Crippen LogP contribution in [0.15, 0.2) is 0 Å². The first kappa shape index (κ1) is 13.4. The van der Waals surface area contributed by atoms with Crippen LogP contribution in [-0.4, -0.2) is 36.0 Å². The van der Waals surface area contributed by atoms with Gasteiger partial charge in [0.25, 0.3) is 0 Å². The average Bonchev–Trinajstić information content (AvgIpc) is 2.15. The summed E-state index contributed by atoms with van der Waals surface area (Å²) in [7, 11) is 0.705. The number of carbonyl (C=O) groups is 1. The number of nitrogens with two attached hydrogens (primary N) is 1. The van der Waals surface area contributed by atoms with Crippen LogP contribution in [0.4, 0.5) is 4.79 Å². The fraction of sp³-hybridized carbons (Fsp3) is 0.875. The van der Waals surface area contributed by atoms with Crippen molar-refractivity contribution in [2.45, 2.75) is 32.5 Å². The molecule has 0 bridgehead atoms. The molecule has 0 fully saturated rings. The maximum atomic E-state index is 10.3. The van der Waals surface area contributed by atoms with Gasteiger partial charge in [-0.25, -0.2) is 4.79 Å². The Morgan fingerprint density at radius 1 is 1.50 bits per heavy atom. The molecule has 6 heteroatoms. The molecule has 2 amide bonds. The van der Waals surface area contributed by atoms with Crippen molar-refractivity contribution in [2.75, 3.05) is 13.2 Å². The molecule has 0 rings (SSSR count). The van der Waals surface area contributed by atoms with Crippen molar-refractivity contribution >= 4 is 16.5 Å². The number of carbonyl (C=O) groups excluding carboxylic acids is 1. The number of nitrogens with one attached hydrogen (secondary N) is 1. The van der Waals surface area contributed by atoms with Crippen molar-refractivity contribution < 1.29 is 14.0 Å². The Balaban J connectivity index is 3.02. The summed E-state index contributed by atoms with van der Waals surface area (Å²) in [6.07, 6.45) is 2.86. The zero-order chi connectivity index (χ0) is 10.8. The smallest absolute Gasteiger partial charge is 0.312 e. The lowest BCUT2D eigenvalue weighted by Crippen LogP contribution is -2.30. The van der Waals surface area contributed by atoms with Gasteiger partial charge in [0.05, 0.1) is 0 Å². The zero-order valence-electron chi connectivity index (χ0n) is 8.91. The van der Waals surface area contributed by atoms with Crippen LogP contribution >= 0.6 is 0 Å². The van der Waals surface area contributed by atoms with Gasteiger partial charge in [0.2, 0.25) is 0 Å². The fourth-order valence-electron chi connectivity index (χ4n) is 0.933. The molecule has 0 heterocycles. The standard InChI is InChI=1S/C8H20N2O3Si/c1-7(13-14)12-6-4-2-3-5-10-8(9)11/h7H,2-6H2,1,14H3,(H3,9,10,11). The Morgan fingerprint density at radius 2 is 2.21 bits per heavy atom. The summed E-state index contributed by atoms with van der Waals surface area (Å²) in [4.78, 5) is 10.3. The molecule has 1 unspecified atom stereocenters. The quantitative estimate of drug-likeness (QED) is 0.328. The van der Waals surface area contributed by atoms with Crippen molar-refractivity contribution in [1.29, 1.82) is 0 Å². The minimum absolute atomic E-state index is 0.0783. The summed E-state index contributed by atoms with van der Waals surface area (Å²) >= 11 is 0. The molecule has 0 aliphatic rings. The van der Waals surface area contributed by atoms with E-state index in [0.717, 1.165) is 19.3 Å². The van der Waals surface area contributed by atoms with Gasteiger partial charge < -0.3 is 20.2 Å². The maximum absolute atomic E-state index is 10.3. The van der Waals surface area contributed by atoms with Crippen molar-refractivity contribution in [3.05, 3.63) is 0 Å². The average molecular weight is 220 g/mol. The first-order chi connectivity index (χ1) is 6.66. The number of ether oxygens (including phenoxy) is 1. The summed E-state index contributed by atoms with van der Waals surface area (Å²) in [6, 6.07) is -0.459. The van der Waals surface area contributed by atoms with E-state index in [1.54, 1.807) is 0 Å². The number of rotatable bonds is 8. The first-order valence-electron chi connectivity index (χ1n) is 4.84. The number of urea groups is 1. The number of amides is 2. The van der Waals surface area contributed by atoms with Crippen LogP contribution in [-0.2, 0) is 9.16 Å². The van der Waals surface area contributed by atoms with Gasteiger partial charge in [-0.1, -0.05) is 0 Å². The van der Waals surface area contributed by atoms with E-state index in [9.17, 15) is 4.79 Å². The molecular formula is C8H20N2O3Si. The molecule has 84 valence electrons. The largest absolute Gasteiger partial charge is 0.404 e. The molecule has 0 aromatic carbocycles. The molecule has 0 aliphatic carbocycles. The third-order valence-corrected chi connectivity index (χ3v) is 2.47. The van der Waals surface area contributed by atoms with E-state index in [1.165, 1.54) is 0 Å². The van der Waals surface area contributed by atoms with Crippen LogP contribution in [0, 0.1) is 0 Å². The fourth-order valence-corrected chi connectivity index (χ4v) is 1.07. The number of hydrogen-bond donors (Lipinski definition) is 2. The van der Waals surface area contributed by atoms with Crippen molar-refractivity contribution in [2.24, 2.45) is 5.73 Å². The molecule has 0 saturated carbocycles. The molecule has 0 aromatic rings. The summed E-state index contributed by atoms with van der Waals surface area (Å²) in [6.45, 7) is 3.24. The van der Waals surface area contributed by atoms with E-state index >= 15 is 0 Å². The molecule has 0 radical (unpaired) electrons. The van der Waals surface area contributed by atoms with E-state index < -0.39 is 6.03 Å². The molecule has 0 aliphatic heterocycles. The van der Waals surface area contributed by atoms with Crippen molar-refractivity contribution in [3.8, 4) is 0 Å². The molecule has 14 heavy (non-hydrogen) atoms. The van der Waals surface area contributed by atoms with Crippen LogP contribution < -0.4 is 11.1 Å². The Bertz CT molecular complexity index is 158. The first-order valence-corrected chi connectivity index (χ1v) is 5.66. The zero-order valence-corrected chi connectivity index (χ0v) is 10.9. The second-order valence-electron chi connectivity index (χ2n) is 3.03. The van der Waals surface area contributed by atoms with Gasteiger partial charge in [-0.05, 0) is 26.2 Å². The SMILES string of the molecule is CC(O[SiH3])OCCCCCNC(N)=O. The molecular weight excluding hydrogens is 200 g/mol. The topological polar surface area (TPSA) is 73.6 Å². The highest BCUT2D eigenvalue weighted by Gasteiger charge is 1.97. The minimum atomic E-state index is -0.459. The third-order valence-electron chi connectivity index (χ3n) is 1.80. The predicted octanol–water partition coefficient (Wildman–Crippen LogP) is -0.515. The molecule has 0 saturated heterocycles. The van der Waals surface area contributed by atoms with E-state index in [4.69, 9.17) is 14.9 Å². The summed E-state index contributed by atoms with van der Waals surface area (Å²) < 4.78 is 10.4. The third kappa shape index (κ3) is 9.49. The van der Waals surface area contributed by atoms with Gasteiger partial charge in [0.15, 0.2) is 0 Å². The minimum Gasteiger partial charge on any atom is -0.404 e. The summed E-state index contributed by atoms with van der Waals surface area (Å²) in [5, 5.41) is 2.54. The monoisotopic (exact) mass is 220 g/mol. The molecule has 5 nitrogen and oxygen atoms in total. The number of primary amides is 1.